The van der Waals surface area contributed by atoms with Crippen LogP contribution in [-0.2, 0) is 4.79 Å². The van der Waals surface area contributed by atoms with Gasteiger partial charge in [0.05, 0.1) is 18.7 Å². The molecule has 3 N–H and O–H groups in total. The van der Waals surface area contributed by atoms with E-state index in [0.29, 0.717) is 27.7 Å². The fourth-order valence-corrected chi connectivity index (χ4v) is 3.09. The van der Waals surface area contributed by atoms with E-state index in [1.165, 1.54) is 0 Å². The molecule has 6 nitrogen and oxygen atoms in total. The zero-order chi connectivity index (χ0) is 19.6. The largest absolute Gasteiger partial charge is 0.497 e. The highest BCUT2D eigenvalue weighted by atomic mass is 35.5. The molecule has 0 fully saturated rings. The number of aryl methyl sites for hydroxylation is 1. The van der Waals surface area contributed by atoms with E-state index in [9.17, 15) is 9.59 Å². The van der Waals surface area contributed by atoms with Gasteiger partial charge in [0, 0.05) is 16.4 Å². The molecule has 0 radical (unpaired) electrons. The molecule has 7 heteroatoms. The van der Waals surface area contributed by atoms with Gasteiger partial charge >= 0.3 is 6.03 Å². The summed E-state index contributed by atoms with van der Waals surface area (Å²) in [6, 6.07) is 11.6. The van der Waals surface area contributed by atoms with Crippen LogP contribution in [0.25, 0.3) is 0 Å². The molecule has 0 saturated heterocycles. The second kappa shape index (κ2) is 7.72. The van der Waals surface area contributed by atoms with Crippen molar-refractivity contribution in [2.24, 2.45) is 0 Å². The molecule has 27 heavy (non-hydrogen) atoms. The van der Waals surface area contributed by atoms with Crippen molar-refractivity contribution in [3.63, 3.8) is 0 Å². The monoisotopic (exact) mass is 385 g/mol. The zero-order valence-electron chi connectivity index (χ0n) is 15.2. The summed E-state index contributed by atoms with van der Waals surface area (Å²) in [5.41, 5.74) is 3.21. The van der Waals surface area contributed by atoms with E-state index >= 15 is 0 Å². The fraction of sp³-hybridized carbons (Fsp3) is 0.200. The zero-order valence-corrected chi connectivity index (χ0v) is 16.0. The van der Waals surface area contributed by atoms with Crippen molar-refractivity contribution in [3.05, 3.63) is 69.9 Å². The third-order valence-electron chi connectivity index (χ3n) is 4.39. The van der Waals surface area contributed by atoms with Gasteiger partial charge in [-0.3, -0.25) is 4.79 Å². The molecule has 0 aromatic heterocycles. The number of hydrogen-bond donors (Lipinski definition) is 3. The van der Waals surface area contributed by atoms with Crippen molar-refractivity contribution in [2.75, 3.05) is 12.4 Å². The molecule has 0 bridgehead atoms. The number of hydrogen-bond acceptors (Lipinski definition) is 3. The first kappa shape index (κ1) is 18.8. The predicted octanol–water partition coefficient (Wildman–Crippen LogP) is 3.92. The van der Waals surface area contributed by atoms with Gasteiger partial charge in [-0.2, -0.15) is 0 Å². The Bertz CT molecular complexity index is 923. The van der Waals surface area contributed by atoms with E-state index in [-0.39, 0.29) is 11.9 Å². The Balaban J connectivity index is 1.92. The van der Waals surface area contributed by atoms with Gasteiger partial charge in [0.2, 0.25) is 0 Å². The van der Waals surface area contributed by atoms with E-state index in [4.69, 9.17) is 16.3 Å². The lowest BCUT2D eigenvalue weighted by atomic mass is 9.94. The number of carbonyl (C=O) groups is 2. The molecule has 1 heterocycles. The van der Waals surface area contributed by atoms with E-state index in [1.807, 2.05) is 25.1 Å². The minimum absolute atomic E-state index is 0.319. The van der Waals surface area contributed by atoms with Gasteiger partial charge in [0.1, 0.15) is 5.75 Å². The molecule has 0 aliphatic carbocycles. The Morgan fingerprint density at radius 3 is 2.48 bits per heavy atom. The molecule has 1 aliphatic rings. The van der Waals surface area contributed by atoms with Crippen molar-refractivity contribution in [1.29, 1.82) is 0 Å². The van der Waals surface area contributed by atoms with Crippen molar-refractivity contribution < 1.29 is 14.3 Å². The lowest BCUT2D eigenvalue weighted by Crippen LogP contribution is -2.45. The van der Waals surface area contributed by atoms with Gasteiger partial charge in [-0.25, -0.2) is 4.79 Å². The van der Waals surface area contributed by atoms with Crippen LogP contribution in [0.3, 0.4) is 0 Å². The van der Waals surface area contributed by atoms with Crippen molar-refractivity contribution >= 4 is 29.2 Å². The summed E-state index contributed by atoms with van der Waals surface area (Å²) in [5.74, 6) is 0.376. The number of urea groups is 1. The summed E-state index contributed by atoms with van der Waals surface area (Å²) in [6.07, 6.45) is 0. The molecule has 3 rings (SSSR count). The molecule has 0 saturated carbocycles. The van der Waals surface area contributed by atoms with Gasteiger partial charge in [0.15, 0.2) is 0 Å². The van der Waals surface area contributed by atoms with Gasteiger partial charge in [-0.05, 0) is 49.2 Å². The lowest BCUT2D eigenvalue weighted by Gasteiger charge is -2.28. The number of ether oxygens (including phenoxy) is 1. The first-order valence-corrected chi connectivity index (χ1v) is 8.76. The van der Waals surface area contributed by atoms with Gasteiger partial charge < -0.3 is 20.7 Å². The molecule has 1 aliphatic heterocycles. The highest BCUT2D eigenvalue weighted by Gasteiger charge is 2.31. The highest BCUT2D eigenvalue weighted by Crippen LogP contribution is 2.29. The summed E-state index contributed by atoms with van der Waals surface area (Å²) < 4.78 is 5.17. The number of rotatable bonds is 4. The third kappa shape index (κ3) is 4.06. The quantitative estimate of drug-likeness (QED) is 0.746. The molecule has 0 spiro atoms. The summed E-state index contributed by atoms with van der Waals surface area (Å²) >= 11 is 6.14. The van der Waals surface area contributed by atoms with Crippen LogP contribution in [-0.4, -0.2) is 19.0 Å². The SMILES string of the molecule is COc1ccc([C@@H]2NC(=O)NC(C)=C2C(=O)Nc2ccc(C)c(Cl)c2)cc1. The molecular formula is C20H20ClN3O3. The second-order valence-corrected chi connectivity index (χ2v) is 6.67. The first-order chi connectivity index (χ1) is 12.9. The minimum Gasteiger partial charge on any atom is -0.497 e. The molecular weight excluding hydrogens is 366 g/mol. The summed E-state index contributed by atoms with van der Waals surface area (Å²) in [5, 5.41) is 8.88. The maximum absolute atomic E-state index is 13.0. The van der Waals surface area contributed by atoms with E-state index in [1.54, 1.807) is 38.3 Å². The Kier molecular flexibility index (Phi) is 5.37. The minimum atomic E-state index is -0.578. The number of allylic oxidation sites excluding steroid dienone is 1. The Morgan fingerprint density at radius 1 is 1.15 bits per heavy atom. The maximum Gasteiger partial charge on any atom is 0.319 e. The number of anilines is 1. The summed E-state index contributed by atoms with van der Waals surface area (Å²) in [7, 11) is 1.58. The van der Waals surface area contributed by atoms with Crippen molar-refractivity contribution in [3.8, 4) is 5.75 Å². The topological polar surface area (TPSA) is 79.5 Å². The van der Waals surface area contributed by atoms with Gasteiger partial charge in [-0.15, -0.1) is 0 Å². The maximum atomic E-state index is 13.0. The average molecular weight is 386 g/mol. The molecule has 1 atom stereocenters. The number of methoxy groups -OCH3 is 1. The number of halogens is 1. The Hall–Kier alpha value is -2.99. The number of amides is 3. The molecule has 140 valence electrons. The number of carbonyl (C=O) groups excluding carboxylic acids is 2. The second-order valence-electron chi connectivity index (χ2n) is 6.26. The first-order valence-electron chi connectivity index (χ1n) is 8.39. The van der Waals surface area contributed by atoms with Crippen LogP contribution in [0, 0.1) is 6.92 Å². The van der Waals surface area contributed by atoms with Crippen LogP contribution in [0.15, 0.2) is 53.7 Å². The third-order valence-corrected chi connectivity index (χ3v) is 4.80. The van der Waals surface area contributed by atoms with Crippen molar-refractivity contribution in [1.82, 2.24) is 10.6 Å². The fourth-order valence-electron chi connectivity index (χ4n) is 2.91. The number of nitrogens with one attached hydrogen (secondary N) is 3. The average Bonchev–Trinajstić information content (AvgIpc) is 2.64. The van der Waals surface area contributed by atoms with Crippen LogP contribution in [0.1, 0.15) is 24.1 Å². The van der Waals surface area contributed by atoms with Crippen LogP contribution in [0.5, 0.6) is 5.75 Å². The van der Waals surface area contributed by atoms with Gasteiger partial charge in [0.25, 0.3) is 5.91 Å². The molecule has 2 aromatic rings. The molecule has 2 aromatic carbocycles. The van der Waals surface area contributed by atoms with E-state index in [0.717, 1.165) is 11.1 Å². The Labute approximate surface area is 162 Å². The summed E-state index contributed by atoms with van der Waals surface area (Å²) in [6.45, 7) is 3.59. The highest BCUT2D eigenvalue weighted by molar-refractivity contribution is 6.31. The Morgan fingerprint density at radius 2 is 1.85 bits per heavy atom. The molecule has 0 unspecified atom stereocenters. The van der Waals surface area contributed by atoms with Crippen LogP contribution >= 0.6 is 11.6 Å². The normalized spacial score (nSPS) is 16.4. The standard InChI is InChI=1S/C20H20ClN3O3/c1-11-4-7-14(10-16(11)21)23-19(25)17-12(2)22-20(26)24-18(17)13-5-8-15(27-3)9-6-13/h4-10,18H,1-3H3,(H,23,25)(H2,22,24,26)/t18-/m0/s1. The predicted molar refractivity (Wildman–Crippen MR) is 105 cm³/mol. The lowest BCUT2D eigenvalue weighted by molar-refractivity contribution is -0.113. The number of benzene rings is 2. The van der Waals surface area contributed by atoms with E-state index < -0.39 is 6.04 Å². The smallest absolute Gasteiger partial charge is 0.319 e. The van der Waals surface area contributed by atoms with Crippen molar-refractivity contribution in [2.45, 2.75) is 19.9 Å². The van der Waals surface area contributed by atoms with Crippen LogP contribution < -0.4 is 20.7 Å². The van der Waals surface area contributed by atoms with E-state index in [2.05, 4.69) is 16.0 Å². The summed E-state index contributed by atoms with van der Waals surface area (Å²) in [4.78, 5) is 24.9. The molecule has 3 amide bonds. The van der Waals surface area contributed by atoms with Gasteiger partial charge in [-0.1, -0.05) is 29.8 Å². The van der Waals surface area contributed by atoms with Crippen LogP contribution in [0.2, 0.25) is 5.02 Å². The van der Waals surface area contributed by atoms with Crippen LogP contribution in [0.4, 0.5) is 10.5 Å².